The summed E-state index contributed by atoms with van der Waals surface area (Å²) in [6, 6.07) is 10.7. The molecule has 4 heteroatoms. The SMILES string of the molecule is CCOc1ccc(N2CCCNC(CC#N)C2)cc1. The summed E-state index contributed by atoms with van der Waals surface area (Å²) in [5.74, 6) is 0.910. The predicted octanol–water partition coefficient (Wildman–Crippen LogP) is 2.17. The fourth-order valence-corrected chi connectivity index (χ4v) is 2.40. The van der Waals surface area contributed by atoms with Crippen LogP contribution >= 0.6 is 0 Å². The Morgan fingerprint density at radius 2 is 2.21 bits per heavy atom. The van der Waals surface area contributed by atoms with Gasteiger partial charge in [0.25, 0.3) is 0 Å². The molecule has 1 atom stereocenters. The van der Waals surface area contributed by atoms with E-state index in [-0.39, 0.29) is 6.04 Å². The zero-order valence-corrected chi connectivity index (χ0v) is 11.4. The largest absolute Gasteiger partial charge is 0.494 e. The maximum Gasteiger partial charge on any atom is 0.119 e. The molecule has 1 unspecified atom stereocenters. The summed E-state index contributed by atoms with van der Waals surface area (Å²) in [6.45, 7) is 5.59. The number of benzene rings is 1. The Bertz CT molecular complexity index is 424. The molecule has 0 bridgehead atoms. The number of hydrogen-bond donors (Lipinski definition) is 1. The van der Waals surface area contributed by atoms with E-state index in [2.05, 4.69) is 28.4 Å². The van der Waals surface area contributed by atoms with Crippen molar-refractivity contribution in [3.05, 3.63) is 24.3 Å². The second-order valence-corrected chi connectivity index (χ2v) is 4.74. The van der Waals surface area contributed by atoms with Gasteiger partial charge in [0.1, 0.15) is 5.75 Å². The van der Waals surface area contributed by atoms with Crippen molar-refractivity contribution in [2.45, 2.75) is 25.8 Å². The van der Waals surface area contributed by atoms with Gasteiger partial charge in [-0.05, 0) is 44.2 Å². The van der Waals surface area contributed by atoms with E-state index in [4.69, 9.17) is 10.00 Å². The molecule has 1 N–H and O–H groups in total. The number of hydrogen-bond acceptors (Lipinski definition) is 4. The third-order valence-electron chi connectivity index (χ3n) is 3.33. The van der Waals surface area contributed by atoms with E-state index < -0.39 is 0 Å². The Kier molecular flexibility index (Phi) is 5.05. The zero-order valence-electron chi connectivity index (χ0n) is 11.4. The first-order chi connectivity index (χ1) is 9.33. The van der Waals surface area contributed by atoms with Crippen LogP contribution in [-0.2, 0) is 0 Å². The molecule has 1 aromatic rings. The van der Waals surface area contributed by atoms with Crippen LogP contribution in [0.3, 0.4) is 0 Å². The molecule has 1 aliphatic heterocycles. The summed E-state index contributed by atoms with van der Waals surface area (Å²) in [6.07, 6.45) is 1.67. The lowest BCUT2D eigenvalue weighted by Crippen LogP contribution is -2.37. The van der Waals surface area contributed by atoms with Crippen LogP contribution in [0.15, 0.2) is 24.3 Å². The molecule has 0 saturated carbocycles. The molecule has 102 valence electrons. The van der Waals surface area contributed by atoms with Gasteiger partial charge in [0.2, 0.25) is 0 Å². The van der Waals surface area contributed by atoms with Gasteiger partial charge in [-0.1, -0.05) is 0 Å². The molecule has 1 heterocycles. The number of nitrogens with one attached hydrogen (secondary N) is 1. The molecule has 2 rings (SSSR count). The van der Waals surface area contributed by atoms with Crippen LogP contribution in [0.25, 0.3) is 0 Å². The molecular formula is C15H21N3O. The Balaban J connectivity index is 2.04. The summed E-state index contributed by atoms with van der Waals surface area (Å²) in [4.78, 5) is 2.34. The van der Waals surface area contributed by atoms with Crippen molar-refractivity contribution < 1.29 is 4.74 Å². The summed E-state index contributed by atoms with van der Waals surface area (Å²) in [5.41, 5.74) is 1.20. The molecule has 0 aromatic heterocycles. The quantitative estimate of drug-likeness (QED) is 0.900. The third kappa shape index (κ3) is 3.87. The van der Waals surface area contributed by atoms with Gasteiger partial charge in [-0.3, -0.25) is 0 Å². The molecule has 1 fully saturated rings. The molecule has 0 aliphatic carbocycles. The normalized spacial score (nSPS) is 19.6. The molecule has 0 radical (unpaired) electrons. The lowest BCUT2D eigenvalue weighted by atomic mass is 10.2. The first kappa shape index (κ1) is 13.7. The number of anilines is 1. The van der Waals surface area contributed by atoms with Crippen LogP contribution in [0.2, 0.25) is 0 Å². The van der Waals surface area contributed by atoms with Gasteiger partial charge in [-0.25, -0.2) is 0 Å². The smallest absolute Gasteiger partial charge is 0.119 e. The predicted molar refractivity (Wildman–Crippen MR) is 76.5 cm³/mol. The van der Waals surface area contributed by atoms with E-state index in [1.54, 1.807) is 0 Å². The molecule has 4 nitrogen and oxygen atoms in total. The minimum absolute atomic E-state index is 0.263. The molecule has 1 aliphatic rings. The van der Waals surface area contributed by atoms with Crippen molar-refractivity contribution in [2.24, 2.45) is 0 Å². The van der Waals surface area contributed by atoms with Gasteiger partial charge in [0.15, 0.2) is 0 Å². The average Bonchev–Trinajstić information content (AvgIpc) is 2.66. The monoisotopic (exact) mass is 259 g/mol. The second-order valence-electron chi connectivity index (χ2n) is 4.74. The fourth-order valence-electron chi connectivity index (χ4n) is 2.40. The van der Waals surface area contributed by atoms with Crippen molar-refractivity contribution in [1.82, 2.24) is 5.32 Å². The number of nitriles is 1. The van der Waals surface area contributed by atoms with Gasteiger partial charge >= 0.3 is 0 Å². The molecule has 1 aromatic carbocycles. The maximum atomic E-state index is 8.84. The van der Waals surface area contributed by atoms with E-state index in [0.717, 1.165) is 31.8 Å². The highest BCUT2D eigenvalue weighted by molar-refractivity contribution is 5.49. The van der Waals surface area contributed by atoms with Crippen LogP contribution in [0.1, 0.15) is 19.8 Å². The first-order valence-corrected chi connectivity index (χ1v) is 6.91. The Morgan fingerprint density at radius 3 is 2.89 bits per heavy atom. The van der Waals surface area contributed by atoms with E-state index in [9.17, 15) is 0 Å². The van der Waals surface area contributed by atoms with E-state index >= 15 is 0 Å². The third-order valence-corrected chi connectivity index (χ3v) is 3.33. The number of rotatable bonds is 4. The van der Waals surface area contributed by atoms with Gasteiger partial charge in [-0.2, -0.15) is 5.26 Å². The zero-order chi connectivity index (χ0) is 13.5. The average molecular weight is 259 g/mol. The fraction of sp³-hybridized carbons (Fsp3) is 0.533. The van der Waals surface area contributed by atoms with Gasteiger partial charge in [0, 0.05) is 24.8 Å². The van der Waals surface area contributed by atoms with Crippen LogP contribution in [-0.4, -0.2) is 32.3 Å². The lowest BCUT2D eigenvalue weighted by molar-refractivity contribution is 0.340. The summed E-state index contributed by atoms with van der Waals surface area (Å²) < 4.78 is 5.46. The molecule has 1 saturated heterocycles. The Hall–Kier alpha value is -1.73. The van der Waals surface area contributed by atoms with Crippen LogP contribution in [0.5, 0.6) is 5.75 Å². The molecule has 0 spiro atoms. The molecular weight excluding hydrogens is 238 g/mol. The molecule has 0 amide bonds. The first-order valence-electron chi connectivity index (χ1n) is 6.91. The Labute approximate surface area is 115 Å². The van der Waals surface area contributed by atoms with Crippen molar-refractivity contribution in [2.75, 3.05) is 31.1 Å². The summed E-state index contributed by atoms with van der Waals surface area (Å²) in [5, 5.41) is 12.3. The minimum atomic E-state index is 0.263. The van der Waals surface area contributed by atoms with E-state index in [0.29, 0.717) is 13.0 Å². The highest BCUT2D eigenvalue weighted by Gasteiger charge is 2.17. The summed E-state index contributed by atoms with van der Waals surface area (Å²) >= 11 is 0. The van der Waals surface area contributed by atoms with Gasteiger partial charge < -0.3 is 15.0 Å². The maximum absolute atomic E-state index is 8.84. The van der Waals surface area contributed by atoms with Crippen molar-refractivity contribution in [3.8, 4) is 11.8 Å². The lowest BCUT2D eigenvalue weighted by Gasteiger charge is -2.25. The van der Waals surface area contributed by atoms with E-state index in [1.807, 2.05) is 19.1 Å². The highest BCUT2D eigenvalue weighted by atomic mass is 16.5. The van der Waals surface area contributed by atoms with Crippen LogP contribution in [0, 0.1) is 11.3 Å². The van der Waals surface area contributed by atoms with Crippen LogP contribution in [0.4, 0.5) is 5.69 Å². The molecule has 19 heavy (non-hydrogen) atoms. The minimum Gasteiger partial charge on any atom is -0.494 e. The van der Waals surface area contributed by atoms with Crippen molar-refractivity contribution in [3.63, 3.8) is 0 Å². The topological polar surface area (TPSA) is 48.3 Å². The Morgan fingerprint density at radius 1 is 1.42 bits per heavy atom. The van der Waals surface area contributed by atoms with E-state index in [1.165, 1.54) is 5.69 Å². The number of ether oxygens (including phenoxy) is 1. The van der Waals surface area contributed by atoms with Crippen molar-refractivity contribution in [1.29, 1.82) is 5.26 Å². The highest BCUT2D eigenvalue weighted by Crippen LogP contribution is 2.21. The summed E-state index contributed by atoms with van der Waals surface area (Å²) in [7, 11) is 0. The second kappa shape index (κ2) is 7.01. The number of nitrogens with zero attached hydrogens (tertiary/aromatic N) is 2. The van der Waals surface area contributed by atoms with Gasteiger partial charge in [0.05, 0.1) is 19.1 Å². The standard InChI is InChI=1S/C15H21N3O/c1-2-19-15-6-4-14(5-7-15)18-11-3-10-17-13(12-18)8-9-16/h4-7,13,17H,2-3,8,10-12H2,1H3. The van der Waals surface area contributed by atoms with Gasteiger partial charge in [-0.15, -0.1) is 0 Å². The van der Waals surface area contributed by atoms with Crippen molar-refractivity contribution >= 4 is 5.69 Å². The van der Waals surface area contributed by atoms with Crippen LogP contribution < -0.4 is 15.0 Å².